The van der Waals surface area contributed by atoms with E-state index in [1.165, 1.54) is 6.33 Å². The number of imidazole rings is 1. The van der Waals surface area contributed by atoms with Gasteiger partial charge in [0, 0.05) is 17.8 Å². The number of nitrogens with one attached hydrogen (secondary N) is 1. The van der Waals surface area contributed by atoms with Gasteiger partial charge in [-0.1, -0.05) is 0 Å². The molecule has 8 heteroatoms. The minimum absolute atomic E-state index is 0.00818. The highest BCUT2D eigenvalue weighted by Gasteiger charge is 2.42. The zero-order chi connectivity index (χ0) is 12.7. The van der Waals surface area contributed by atoms with Crippen LogP contribution in [-0.4, -0.2) is 48.2 Å². The Morgan fingerprint density at radius 3 is 2.94 bits per heavy atom. The van der Waals surface area contributed by atoms with Crippen molar-refractivity contribution < 1.29 is 10.2 Å². The van der Waals surface area contributed by atoms with E-state index in [9.17, 15) is 9.90 Å². The normalized spacial score (nSPS) is 27.3. The molecule has 0 amide bonds. The van der Waals surface area contributed by atoms with E-state index >= 15 is 0 Å². The number of aromatic nitrogens is 4. The van der Waals surface area contributed by atoms with Crippen molar-refractivity contribution in [1.29, 1.82) is 0 Å². The van der Waals surface area contributed by atoms with Crippen molar-refractivity contribution >= 4 is 22.9 Å². The fourth-order valence-electron chi connectivity index (χ4n) is 2.18. The van der Waals surface area contributed by atoms with Gasteiger partial charge in [0.05, 0.1) is 24.6 Å². The average Bonchev–Trinajstić information content (AvgIpc) is 2.75. The molecular weight excluding hydrogens is 256 g/mol. The molecule has 1 saturated heterocycles. The molecular formula is C10H12N4O3S. The van der Waals surface area contributed by atoms with E-state index in [1.807, 2.05) is 0 Å². The van der Waals surface area contributed by atoms with E-state index in [4.69, 9.17) is 5.11 Å². The van der Waals surface area contributed by atoms with Crippen LogP contribution in [0, 0.1) is 5.92 Å². The highest BCUT2D eigenvalue weighted by atomic mass is 32.2. The highest BCUT2D eigenvalue weighted by Crippen LogP contribution is 2.50. The molecule has 1 aliphatic heterocycles. The first-order chi connectivity index (χ1) is 8.76. The predicted molar refractivity (Wildman–Crippen MR) is 66.2 cm³/mol. The number of fused-ring (bicyclic) bond motifs is 1. The highest BCUT2D eigenvalue weighted by molar-refractivity contribution is 8.01. The van der Waals surface area contributed by atoms with Crippen LogP contribution in [0.25, 0.3) is 11.2 Å². The van der Waals surface area contributed by atoms with Gasteiger partial charge in [-0.05, 0) is 0 Å². The molecule has 0 saturated carbocycles. The Hall–Kier alpha value is -1.38. The summed E-state index contributed by atoms with van der Waals surface area (Å²) < 4.78 is 1.78. The summed E-state index contributed by atoms with van der Waals surface area (Å²) in [7, 11) is 0. The molecule has 0 spiro atoms. The molecule has 0 unspecified atom stereocenters. The first-order valence-corrected chi connectivity index (χ1v) is 6.48. The van der Waals surface area contributed by atoms with Crippen LogP contribution in [0.2, 0.25) is 0 Å². The zero-order valence-electron chi connectivity index (χ0n) is 9.35. The average molecular weight is 268 g/mol. The maximum Gasteiger partial charge on any atom is 0.278 e. The smallest absolute Gasteiger partial charge is 0.278 e. The number of H-pyrrole nitrogens is 1. The molecule has 2 aromatic heterocycles. The number of nitrogens with zero attached hydrogens (tertiary/aromatic N) is 3. The lowest BCUT2D eigenvalue weighted by molar-refractivity contribution is 0.158. The van der Waals surface area contributed by atoms with Crippen LogP contribution in [0.1, 0.15) is 5.37 Å². The van der Waals surface area contributed by atoms with Gasteiger partial charge >= 0.3 is 0 Å². The van der Waals surface area contributed by atoms with Crippen molar-refractivity contribution in [1.82, 2.24) is 19.5 Å². The molecule has 0 bridgehead atoms. The Kier molecular flexibility index (Phi) is 2.84. The number of thioether (sulfide) groups is 1. The van der Waals surface area contributed by atoms with E-state index in [2.05, 4.69) is 15.0 Å². The lowest BCUT2D eigenvalue weighted by Gasteiger charge is -2.42. The third-order valence-corrected chi connectivity index (χ3v) is 4.89. The van der Waals surface area contributed by atoms with Crippen LogP contribution in [0.3, 0.4) is 0 Å². The van der Waals surface area contributed by atoms with Gasteiger partial charge in [0.15, 0.2) is 11.2 Å². The number of rotatable bonds is 3. The molecule has 3 N–H and O–H groups in total. The molecule has 3 heterocycles. The standard InChI is InChI=1S/C10H12N4O3S/c15-1-5-6(2-16)18-10(5)14-4-13-7-8(14)11-3-12-9(7)17/h3-6,10,15-16H,1-2H2,(H,11,12,17)/t5-,6-,10-/m1/s1. The lowest BCUT2D eigenvalue weighted by atomic mass is 10.0. The van der Waals surface area contributed by atoms with Gasteiger partial charge in [0.2, 0.25) is 0 Å². The SMILES string of the molecule is O=c1[nH]cnc2c1ncn2[C@@H]1S[C@H](CO)[C@H]1CO. The summed E-state index contributed by atoms with van der Waals surface area (Å²) in [4.78, 5) is 22.1. The molecule has 7 nitrogen and oxygen atoms in total. The van der Waals surface area contributed by atoms with Crippen LogP contribution in [0.5, 0.6) is 0 Å². The third kappa shape index (κ3) is 1.57. The van der Waals surface area contributed by atoms with Gasteiger partial charge in [-0.3, -0.25) is 4.79 Å². The quantitative estimate of drug-likeness (QED) is 0.682. The Morgan fingerprint density at radius 1 is 1.39 bits per heavy atom. The summed E-state index contributed by atoms with van der Waals surface area (Å²) in [5.74, 6) is -0.0431. The molecule has 96 valence electrons. The fraction of sp³-hybridized carbons (Fsp3) is 0.500. The Labute approximate surface area is 106 Å². The summed E-state index contributed by atoms with van der Waals surface area (Å²) in [5.41, 5.74) is 0.524. The summed E-state index contributed by atoms with van der Waals surface area (Å²) in [6.07, 6.45) is 2.89. The van der Waals surface area contributed by atoms with Crippen molar-refractivity contribution in [2.24, 2.45) is 5.92 Å². The number of aromatic amines is 1. The first-order valence-electron chi connectivity index (χ1n) is 5.53. The van der Waals surface area contributed by atoms with Crippen LogP contribution < -0.4 is 5.56 Å². The predicted octanol–water partition coefficient (Wildman–Crippen LogP) is -0.666. The topological polar surface area (TPSA) is 104 Å². The van der Waals surface area contributed by atoms with Crippen LogP contribution in [0.4, 0.5) is 0 Å². The van der Waals surface area contributed by atoms with Crippen LogP contribution >= 0.6 is 11.8 Å². The minimum atomic E-state index is -0.276. The molecule has 1 aliphatic rings. The maximum atomic E-state index is 11.5. The Morgan fingerprint density at radius 2 is 2.22 bits per heavy atom. The summed E-state index contributed by atoms with van der Waals surface area (Å²) in [6.45, 7) is 0.0266. The molecule has 0 aliphatic carbocycles. The second kappa shape index (κ2) is 4.38. The van der Waals surface area contributed by atoms with Gasteiger partial charge in [-0.25, -0.2) is 9.97 Å². The van der Waals surface area contributed by atoms with Crippen molar-refractivity contribution in [3.8, 4) is 0 Å². The van der Waals surface area contributed by atoms with E-state index in [1.54, 1.807) is 22.7 Å². The molecule has 3 atom stereocenters. The number of hydrogen-bond donors (Lipinski definition) is 3. The van der Waals surface area contributed by atoms with Crippen molar-refractivity contribution in [2.45, 2.75) is 10.6 Å². The monoisotopic (exact) mass is 268 g/mol. The minimum Gasteiger partial charge on any atom is -0.396 e. The van der Waals surface area contributed by atoms with Crippen LogP contribution in [-0.2, 0) is 0 Å². The van der Waals surface area contributed by atoms with Crippen molar-refractivity contribution in [2.75, 3.05) is 13.2 Å². The Bertz CT molecular complexity index is 625. The van der Waals surface area contributed by atoms with Crippen molar-refractivity contribution in [3.05, 3.63) is 23.0 Å². The molecule has 1 fully saturated rings. The van der Waals surface area contributed by atoms with E-state index in [0.29, 0.717) is 11.2 Å². The van der Waals surface area contributed by atoms with Gasteiger partial charge in [-0.15, -0.1) is 11.8 Å². The van der Waals surface area contributed by atoms with Gasteiger partial charge in [0.1, 0.15) is 0 Å². The van der Waals surface area contributed by atoms with Crippen LogP contribution in [0.15, 0.2) is 17.4 Å². The largest absolute Gasteiger partial charge is 0.396 e. The second-order valence-corrected chi connectivity index (χ2v) is 5.51. The first kappa shape index (κ1) is 11.7. The lowest BCUT2D eigenvalue weighted by Crippen LogP contribution is -2.41. The second-order valence-electron chi connectivity index (χ2n) is 4.15. The number of aliphatic hydroxyl groups is 2. The van der Waals surface area contributed by atoms with Gasteiger partial charge in [0.25, 0.3) is 5.56 Å². The molecule has 2 aromatic rings. The van der Waals surface area contributed by atoms with Gasteiger partial charge < -0.3 is 19.8 Å². The maximum absolute atomic E-state index is 11.5. The summed E-state index contributed by atoms with van der Waals surface area (Å²) in [6, 6.07) is 0. The summed E-state index contributed by atoms with van der Waals surface area (Å²) >= 11 is 1.55. The number of hydrogen-bond acceptors (Lipinski definition) is 6. The molecule has 0 aromatic carbocycles. The van der Waals surface area contributed by atoms with Gasteiger partial charge in [-0.2, -0.15) is 0 Å². The molecule has 3 rings (SSSR count). The Balaban J connectivity index is 2.01. The van der Waals surface area contributed by atoms with E-state index < -0.39 is 0 Å². The van der Waals surface area contributed by atoms with E-state index in [0.717, 1.165) is 0 Å². The number of aliphatic hydroxyl groups excluding tert-OH is 2. The summed E-state index contributed by atoms with van der Waals surface area (Å²) in [5, 5.41) is 18.5. The van der Waals surface area contributed by atoms with Crippen molar-refractivity contribution in [3.63, 3.8) is 0 Å². The zero-order valence-corrected chi connectivity index (χ0v) is 10.2. The van der Waals surface area contributed by atoms with E-state index in [-0.39, 0.29) is 35.3 Å². The molecule has 0 radical (unpaired) electrons. The fourth-order valence-corrected chi connectivity index (χ4v) is 3.55. The third-order valence-electron chi connectivity index (χ3n) is 3.19. The molecule has 18 heavy (non-hydrogen) atoms.